The molecule has 0 amide bonds. The van der Waals surface area contributed by atoms with Gasteiger partial charge in [-0.3, -0.25) is 0 Å². The normalized spacial score (nSPS) is 13.4. The summed E-state index contributed by atoms with van der Waals surface area (Å²) in [6.45, 7) is 7.58. The Morgan fingerprint density at radius 1 is 1.14 bits per heavy atom. The molecule has 0 aliphatic heterocycles. The lowest BCUT2D eigenvalue weighted by atomic mass is 10.1. The smallest absolute Gasteiger partial charge is 0.192 e. The van der Waals surface area contributed by atoms with E-state index in [4.69, 9.17) is 4.99 Å². The SMILES string of the molecule is Cc1nnc(CN=C(NCC(C)c2ccsc2)NC(C)c2ccccc2)n1C.I. The van der Waals surface area contributed by atoms with Gasteiger partial charge in [0.25, 0.3) is 0 Å². The second-order valence-corrected chi connectivity index (χ2v) is 7.78. The van der Waals surface area contributed by atoms with Gasteiger partial charge in [0.1, 0.15) is 12.4 Å². The average Bonchev–Trinajstić information content (AvgIpc) is 3.36. The van der Waals surface area contributed by atoms with Crippen molar-refractivity contribution in [1.82, 2.24) is 25.4 Å². The predicted octanol–water partition coefficient (Wildman–Crippen LogP) is 4.40. The maximum absolute atomic E-state index is 4.76. The van der Waals surface area contributed by atoms with Crippen LogP contribution in [0.1, 0.15) is 48.6 Å². The van der Waals surface area contributed by atoms with Crippen molar-refractivity contribution >= 4 is 41.3 Å². The lowest BCUT2D eigenvalue weighted by Crippen LogP contribution is -2.40. The Bertz CT molecular complexity index is 891. The van der Waals surface area contributed by atoms with Crippen molar-refractivity contribution in [2.24, 2.45) is 12.0 Å². The van der Waals surface area contributed by atoms with E-state index in [-0.39, 0.29) is 30.0 Å². The fraction of sp³-hybridized carbons (Fsp3) is 0.381. The number of rotatable bonds is 7. The van der Waals surface area contributed by atoms with Crippen LogP contribution in [0.4, 0.5) is 0 Å². The van der Waals surface area contributed by atoms with Crippen LogP contribution in [0, 0.1) is 6.92 Å². The standard InChI is InChI=1S/C21H28N6S.HI/c1-15(19-10-11-28-14-19)12-22-21(23-13-20-26-25-17(3)27(20)4)24-16(2)18-8-6-5-7-9-18;/h5-11,14-16H,12-13H2,1-4H3,(H2,22,23,24);1H. The molecule has 0 bridgehead atoms. The minimum absolute atomic E-state index is 0. The number of halogens is 1. The zero-order valence-corrected chi connectivity index (χ0v) is 20.4. The zero-order valence-electron chi connectivity index (χ0n) is 17.3. The molecule has 3 rings (SSSR count). The molecular weight excluding hydrogens is 495 g/mol. The molecule has 8 heteroatoms. The molecule has 0 saturated heterocycles. The van der Waals surface area contributed by atoms with Gasteiger partial charge in [-0.05, 0) is 47.7 Å². The fourth-order valence-electron chi connectivity index (χ4n) is 2.84. The summed E-state index contributed by atoms with van der Waals surface area (Å²) in [6, 6.07) is 12.7. The Kier molecular flexibility index (Phi) is 9.09. The molecule has 2 atom stereocenters. The van der Waals surface area contributed by atoms with E-state index in [0.29, 0.717) is 12.5 Å². The van der Waals surface area contributed by atoms with Crippen molar-refractivity contribution in [3.05, 3.63) is 69.9 Å². The summed E-state index contributed by atoms with van der Waals surface area (Å²) >= 11 is 1.73. The van der Waals surface area contributed by atoms with Gasteiger partial charge in [-0.1, -0.05) is 37.3 Å². The first-order valence-electron chi connectivity index (χ1n) is 9.51. The van der Waals surface area contributed by atoms with Gasteiger partial charge in [0.2, 0.25) is 0 Å². The second kappa shape index (κ2) is 11.3. The number of guanidine groups is 1. The Hall–Kier alpha value is -1.94. The van der Waals surface area contributed by atoms with E-state index >= 15 is 0 Å². The average molecular weight is 524 g/mol. The predicted molar refractivity (Wildman–Crippen MR) is 131 cm³/mol. The molecule has 2 N–H and O–H groups in total. The molecule has 0 fully saturated rings. The van der Waals surface area contributed by atoms with Crippen LogP contribution in [0.3, 0.4) is 0 Å². The molecule has 0 spiro atoms. The Morgan fingerprint density at radius 2 is 1.90 bits per heavy atom. The highest BCUT2D eigenvalue weighted by molar-refractivity contribution is 14.0. The van der Waals surface area contributed by atoms with Crippen molar-refractivity contribution in [3.63, 3.8) is 0 Å². The topological polar surface area (TPSA) is 67.1 Å². The third-order valence-electron chi connectivity index (χ3n) is 4.90. The van der Waals surface area contributed by atoms with Crippen LogP contribution in [-0.2, 0) is 13.6 Å². The first-order chi connectivity index (χ1) is 13.5. The molecule has 0 aliphatic carbocycles. The van der Waals surface area contributed by atoms with E-state index in [1.807, 2.05) is 24.6 Å². The van der Waals surface area contributed by atoms with E-state index in [0.717, 1.165) is 24.2 Å². The van der Waals surface area contributed by atoms with Crippen LogP contribution in [0.5, 0.6) is 0 Å². The molecule has 0 radical (unpaired) electrons. The highest BCUT2D eigenvalue weighted by atomic mass is 127. The monoisotopic (exact) mass is 524 g/mol. The lowest BCUT2D eigenvalue weighted by Gasteiger charge is -2.20. The number of aryl methyl sites for hydroxylation is 1. The maximum Gasteiger partial charge on any atom is 0.192 e. The third kappa shape index (κ3) is 6.53. The molecule has 0 aliphatic rings. The van der Waals surface area contributed by atoms with Crippen molar-refractivity contribution < 1.29 is 0 Å². The Labute approximate surface area is 193 Å². The number of nitrogens with one attached hydrogen (secondary N) is 2. The number of aliphatic imine (C=N–C) groups is 1. The van der Waals surface area contributed by atoms with Crippen molar-refractivity contribution in [2.75, 3.05) is 6.54 Å². The van der Waals surface area contributed by atoms with Crippen LogP contribution >= 0.6 is 35.3 Å². The Balaban J connectivity index is 0.00000300. The minimum Gasteiger partial charge on any atom is -0.356 e. The number of hydrogen-bond acceptors (Lipinski definition) is 4. The highest BCUT2D eigenvalue weighted by Crippen LogP contribution is 2.17. The quantitative estimate of drug-likeness (QED) is 0.273. The first kappa shape index (κ1) is 23.3. The summed E-state index contributed by atoms with van der Waals surface area (Å²) in [6.07, 6.45) is 0. The molecule has 2 unspecified atom stereocenters. The van der Waals surface area contributed by atoms with Gasteiger partial charge in [-0.15, -0.1) is 34.2 Å². The van der Waals surface area contributed by atoms with Crippen molar-refractivity contribution in [3.8, 4) is 0 Å². The summed E-state index contributed by atoms with van der Waals surface area (Å²) in [5.41, 5.74) is 2.56. The molecule has 0 saturated carbocycles. The van der Waals surface area contributed by atoms with E-state index in [2.05, 4.69) is 75.8 Å². The van der Waals surface area contributed by atoms with Crippen LogP contribution in [0.2, 0.25) is 0 Å². The number of benzene rings is 1. The number of aromatic nitrogens is 3. The van der Waals surface area contributed by atoms with Gasteiger partial charge >= 0.3 is 0 Å². The van der Waals surface area contributed by atoms with Crippen molar-refractivity contribution in [1.29, 1.82) is 0 Å². The van der Waals surface area contributed by atoms with Crippen LogP contribution < -0.4 is 10.6 Å². The first-order valence-corrected chi connectivity index (χ1v) is 10.5. The summed E-state index contributed by atoms with van der Waals surface area (Å²) < 4.78 is 1.97. The summed E-state index contributed by atoms with van der Waals surface area (Å²) in [7, 11) is 1.96. The Morgan fingerprint density at radius 3 is 2.52 bits per heavy atom. The molecule has 2 heterocycles. The zero-order chi connectivity index (χ0) is 19.9. The lowest BCUT2D eigenvalue weighted by molar-refractivity contribution is 0.652. The van der Waals surface area contributed by atoms with E-state index in [1.165, 1.54) is 11.1 Å². The number of hydrogen-bond donors (Lipinski definition) is 2. The molecule has 2 aromatic heterocycles. The summed E-state index contributed by atoms with van der Waals surface area (Å²) in [5, 5.41) is 19.7. The van der Waals surface area contributed by atoms with Crippen LogP contribution in [0.25, 0.3) is 0 Å². The number of nitrogens with zero attached hydrogens (tertiary/aromatic N) is 4. The molecule has 1 aromatic carbocycles. The minimum atomic E-state index is 0. The van der Waals surface area contributed by atoms with E-state index < -0.39 is 0 Å². The molecule has 156 valence electrons. The highest BCUT2D eigenvalue weighted by Gasteiger charge is 2.12. The summed E-state index contributed by atoms with van der Waals surface area (Å²) in [4.78, 5) is 4.76. The largest absolute Gasteiger partial charge is 0.356 e. The van der Waals surface area contributed by atoms with Gasteiger partial charge < -0.3 is 15.2 Å². The fourth-order valence-corrected chi connectivity index (χ4v) is 3.63. The van der Waals surface area contributed by atoms with Crippen LogP contribution in [-0.4, -0.2) is 27.3 Å². The molecular formula is C21H29IN6S. The maximum atomic E-state index is 4.76. The second-order valence-electron chi connectivity index (χ2n) is 7.00. The number of thiophene rings is 1. The molecule has 3 aromatic rings. The van der Waals surface area contributed by atoms with Gasteiger partial charge in [-0.25, -0.2) is 4.99 Å². The van der Waals surface area contributed by atoms with Crippen molar-refractivity contribution in [2.45, 2.75) is 39.3 Å². The van der Waals surface area contributed by atoms with Gasteiger partial charge in [0.05, 0.1) is 6.04 Å². The van der Waals surface area contributed by atoms with E-state index in [9.17, 15) is 0 Å². The van der Waals surface area contributed by atoms with E-state index in [1.54, 1.807) is 11.3 Å². The molecule has 29 heavy (non-hydrogen) atoms. The third-order valence-corrected chi connectivity index (χ3v) is 5.60. The van der Waals surface area contributed by atoms with Gasteiger partial charge in [0, 0.05) is 13.6 Å². The van der Waals surface area contributed by atoms with Gasteiger partial charge in [-0.2, -0.15) is 11.3 Å². The van der Waals surface area contributed by atoms with Gasteiger partial charge in [0.15, 0.2) is 11.8 Å². The van der Waals surface area contributed by atoms with Crippen LogP contribution in [0.15, 0.2) is 52.2 Å². The summed E-state index contributed by atoms with van der Waals surface area (Å²) in [5.74, 6) is 2.91. The molecule has 6 nitrogen and oxygen atoms in total.